The lowest BCUT2D eigenvalue weighted by molar-refractivity contribution is 0.413. The first kappa shape index (κ1) is 19.6. The second-order valence-electron chi connectivity index (χ2n) is 7.36. The first-order chi connectivity index (χ1) is 15.8. The van der Waals surface area contributed by atoms with Crippen LogP contribution in [0, 0.1) is 0 Å². The average molecular weight is 418 g/mol. The highest BCUT2D eigenvalue weighted by molar-refractivity contribution is 5.86. The van der Waals surface area contributed by atoms with Gasteiger partial charge in [-0.05, 0) is 83.6 Å². The molecule has 0 bridgehead atoms. The molecular formula is C28H22N2O2. The third-order valence-corrected chi connectivity index (χ3v) is 5.27. The van der Waals surface area contributed by atoms with Crippen LogP contribution in [-0.2, 0) is 0 Å². The van der Waals surface area contributed by atoms with Crippen LogP contribution in [0.1, 0.15) is 5.69 Å². The molecule has 0 amide bonds. The molecule has 1 heterocycles. The number of aromatic nitrogens is 1. The average Bonchev–Trinajstić information content (AvgIpc) is 3.32. The van der Waals surface area contributed by atoms with Crippen molar-refractivity contribution < 1.29 is 9.47 Å². The van der Waals surface area contributed by atoms with E-state index in [0.29, 0.717) is 0 Å². The van der Waals surface area contributed by atoms with Gasteiger partial charge in [-0.25, -0.2) is 0 Å². The zero-order chi connectivity index (χ0) is 21.8. The van der Waals surface area contributed by atoms with Gasteiger partial charge in [0.2, 0.25) is 0 Å². The summed E-state index contributed by atoms with van der Waals surface area (Å²) in [6.45, 7) is 0. The number of hydrogen-bond donors (Lipinski definition) is 0. The zero-order valence-electron chi connectivity index (χ0n) is 17.7. The van der Waals surface area contributed by atoms with Gasteiger partial charge < -0.3 is 14.0 Å². The number of ether oxygens (including phenoxy) is 2. The minimum atomic E-state index is 0.758. The van der Waals surface area contributed by atoms with Crippen LogP contribution >= 0.6 is 0 Å². The summed E-state index contributed by atoms with van der Waals surface area (Å²) in [5, 5.41) is 2.45. The van der Waals surface area contributed by atoms with E-state index >= 15 is 0 Å². The van der Waals surface area contributed by atoms with E-state index in [1.807, 2.05) is 60.8 Å². The second-order valence-corrected chi connectivity index (χ2v) is 7.36. The van der Waals surface area contributed by atoms with E-state index in [9.17, 15) is 0 Å². The normalized spacial score (nSPS) is 11.2. The Balaban J connectivity index is 1.32. The number of fused-ring (bicyclic) bond motifs is 1. The fraction of sp³-hybridized carbons (Fsp3) is 0.0357. The quantitative estimate of drug-likeness (QED) is 0.274. The molecule has 4 aromatic carbocycles. The maximum atomic E-state index is 5.88. The van der Waals surface area contributed by atoms with Gasteiger partial charge in [0.25, 0.3) is 0 Å². The Morgan fingerprint density at radius 2 is 1.38 bits per heavy atom. The van der Waals surface area contributed by atoms with Gasteiger partial charge in [0.15, 0.2) is 0 Å². The summed E-state index contributed by atoms with van der Waals surface area (Å²) in [6.07, 6.45) is 3.94. The monoisotopic (exact) mass is 418 g/mol. The number of nitrogens with zero attached hydrogens (tertiary/aromatic N) is 2. The number of aliphatic imine (C=N–C) groups is 1. The van der Waals surface area contributed by atoms with E-state index in [1.165, 1.54) is 10.8 Å². The topological polar surface area (TPSA) is 35.8 Å². The summed E-state index contributed by atoms with van der Waals surface area (Å²) < 4.78 is 13.2. The fourth-order valence-corrected chi connectivity index (χ4v) is 3.58. The van der Waals surface area contributed by atoms with Crippen molar-refractivity contribution in [3.05, 3.63) is 115 Å². The third-order valence-electron chi connectivity index (χ3n) is 5.27. The van der Waals surface area contributed by atoms with E-state index in [-0.39, 0.29) is 0 Å². The Bertz CT molecular complexity index is 1370. The van der Waals surface area contributed by atoms with Crippen LogP contribution in [0.4, 0.5) is 5.69 Å². The summed E-state index contributed by atoms with van der Waals surface area (Å²) in [5.74, 6) is 2.32. The molecule has 0 N–H and O–H groups in total. The predicted octanol–water partition coefficient (Wildman–Crippen LogP) is 7.18. The summed E-state index contributed by atoms with van der Waals surface area (Å²) in [7, 11) is 1.65. The molecule has 0 saturated carbocycles. The number of rotatable bonds is 6. The van der Waals surface area contributed by atoms with Crippen molar-refractivity contribution in [2.75, 3.05) is 7.11 Å². The number of methoxy groups -OCH3 is 1. The van der Waals surface area contributed by atoms with Crippen molar-refractivity contribution in [1.29, 1.82) is 0 Å². The molecule has 0 unspecified atom stereocenters. The van der Waals surface area contributed by atoms with E-state index in [1.54, 1.807) is 7.11 Å². The number of hydrogen-bond acceptors (Lipinski definition) is 3. The SMILES string of the molecule is COc1ccc(Oc2ccc(N=Cc3cccn3-c3ccc4ccccc4c3)cc2)cc1. The molecule has 5 rings (SSSR count). The minimum absolute atomic E-state index is 0.758. The predicted molar refractivity (Wildman–Crippen MR) is 130 cm³/mol. The molecule has 0 aliphatic rings. The Labute approximate surface area is 187 Å². The van der Waals surface area contributed by atoms with Crippen LogP contribution in [-0.4, -0.2) is 17.9 Å². The van der Waals surface area contributed by atoms with Gasteiger partial charge in [0.05, 0.1) is 24.7 Å². The molecule has 4 heteroatoms. The Morgan fingerprint density at radius 3 is 2.12 bits per heavy atom. The summed E-state index contributed by atoms with van der Waals surface area (Å²) >= 11 is 0. The van der Waals surface area contributed by atoms with Gasteiger partial charge in [-0.2, -0.15) is 0 Å². The van der Waals surface area contributed by atoms with E-state index in [0.717, 1.165) is 34.3 Å². The van der Waals surface area contributed by atoms with Crippen LogP contribution in [0.15, 0.2) is 114 Å². The van der Waals surface area contributed by atoms with Gasteiger partial charge in [-0.1, -0.05) is 30.3 Å². The molecule has 4 nitrogen and oxygen atoms in total. The molecule has 0 spiro atoms. The van der Waals surface area contributed by atoms with Crippen molar-refractivity contribution in [1.82, 2.24) is 4.57 Å². The Kier molecular flexibility index (Phi) is 5.41. The molecule has 0 saturated heterocycles. The zero-order valence-corrected chi connectivity index (χ0v) is 17.7. The molecule has 0 aliphatic carbocycles. The fourth-order valence-electron chi connectivity index (χ4n) is 3.58. The van der Waals surface area contributed by atoms with Crippen molar-refractivity contribution >= 4 is 22.7 Å². The van der Waals surface area contributed by atoms with Crippen LogP contribution in [0.2, 0.25) is 0 Å². The van der Waals surface area contributed by atoms with E-state index in [2.05, 4.69) is 64.3 Å². The van der Waals surface area contributed by atoms with Gasteiger partial charge in [-0.3, -0.25) is 4.99 Å². The highest BCUT2D eigenvalue weighted by Crippen LogP contribution is 2.26. The lowest BCUT2D eigenvalue weighted by atomic mass is 10.1. The number of benzene rings is 4. The van der Waals surface area contributed by atoms with Crippen molar-refractivity contribution in [3.63, 3.8) is 0 Å². The van der Waals surface area contributed by atoms with Gasteiger partial charge >= 0.3 is 0 Å². The first-order valence-electron chi connectivity index (χ1n) is 10.4. The van der Waals surface area contributed by atoms with E-state index < -0.39 is 0 Å². The molecule has 0 fully saturated rings. The Hall–Kier alpha value is -4.31. The largest absolute Gasteiger partial charge is 0.497 e. The molecule has 5 aromatic rings. The van der Waals surface area contributed by atoms with Crippen LogP contribution in [0.25, 0.3) is 16.5 Å². The maximum Gasteiger partial charge on any atom is 0.127 e. The molecule has 156 valence electrons. The van der Waals surface area contributed by atoms with Crippen molar-refractivity contribution in [2.45, 2.75) is 0 Å². The third kappa shape index (κ3) is 4.25. The molecule has 0 atom stereocenters. The molecule has 0 radical (unpaired) electrons. The van der Waals surface area contributed by atoms with Gasteiger partial charge in [-0.15, -0.1) is 0 Å². The van der Waals surface area contributed by atoms with E-state index in [4.69, 9.17) is 9.47 Å². The molecule has 0 aliphatic heterocycles. The summed E-state index contributed by atoms with van der Waals surface area (Å²) in [4.78, 5) is 4.65. The van der Waals surface area contributed by atoms with Crippen LogP contribution in [0.3, 0.4) is 0 Å². The first-order valence-corrected chi connectivity index (χ1v) is 10.4. The summed E-state index contributed by atoms with van der Waals surface area (Å²) in [5.41, 5.74) is 2.98. The molecule has 1 aromatic heterocycles. The minimum Gasteiger partial charge on any atom is -0.497 e. The highest BCUT2D eigenvalue weighted by atomic mass is 16.5. The molecular weight excluding hydrogens is 396 g/mol. The smallest absolute Gasteiger partial charge is 0.127 e. The highest BCUT2D eigenvalue weighted by Gasteiger charge is 2.03. The molecule has 32 heavy (non-hydrogen) atoms. The van der Waals surface area contributed by atoms with Crippen LogP contribution < -0.4 is 9.47 Å². The lowest BCUT2D eigenvalue weighted by Gasteiger charge is -2.08. The van der Waals surface area contributed by atoms with Gasteiger partial charge in [0.1, 0.15) is 17.2 Å². The van der Waals surface area contributed by atoms with Crippen LogP contribution in [0.5, 0.6) is 17.2 Å². The standard InChI is InChI=1S/C28H22N2O2/c1-31-26-14-16-28(17-15-26)32-27-12-9-23(10-13-27)29-20-25-7-4-18-30(25)24-11-8-21-5-2-3-6-22(21)19-24/h2-20H,1H3. The van der Waals surface area contributed by atoms with Crippen molar-refractivity contribution in [3.8, 4) is 22.9 Å². The van der Waals surface area contributed by atoms with Gasteiger partial charge in [0, 0.05) is 11.9 Å². The second kappa shape index (κ2) is 8.82. The van der Waals surface area contributed by atoms with Crippen molar-refractivity contribution in [2.24, 2.45) is 4.99 Å². The summed E-state index contributed by atoms with van der Waals surface area (Å²) in [6, 6.07) is 34.2. The maximum absolute atomic E-state index is 5.88. The lowest BCUT2D eigenvalue weighted by Crippen LogP contribution is -1.97. The Morgan fingerprint density at radius 1 is 0.688 bits per heavy atom.